The van der Waals surface area contributed by atoms with Crippen LogP contribution in [-0.4, -0.2) is 17.7 Å². The van der Waals surface area contributed by atoms with Gasteiger partial charge in [-0.2, -0.15) is 0 Å². The Labute approximate surface area is 183 Å². The number of rotatable bonds is 7. The average Bonchev–Trinajstić information content (AvgIpc) is 3.18. The van der Waals surface area contributed by atoms with Gasteiger partial charge in [-0.25, -0.2) is 0 Å². The second kappa shape index (κ2) is 8.93. The van der Waals surface area contributed by atoms with Crippen molar-refractivity contribution in [3.63, 3.8) is 0 Å². The molecule has 0 N–H and O–H groups in total. The van der Waals surface area contributed by atoms with Crippen molar-refractivity contribution in [2.45, 2.75) is 13.3 Å². The molecule has 0 spiro atoms. The van der Waals surface area contributed by atoms with Gasteiger partial charge in [0.15, 0.2) is 5.78 Å². The van der Waals surface area contributed by atoms with Crippen molar-refractivity contribution < 1.29 is 9.53 Å². The molecule has 29 heavy (non-hydrogen) atoms. The minimum atomic E-state index is 0.0609. The van der Waals surface area contributed by atoms with E-state index in [2.05, 4.69) is 22.0 Å². The predicted molar refractivity (Wildman–Crippen MR) is 126 cm³/mol. The Morgan fingerprint density at radius 1 is 1.03 bits per heavy atom. The summed E-state index contributed by atoms with van der Waals surface area (Å²) in [5.74, 6) is 0.861. The first kappa shape index (κ1) is 19.9. The molecule has 1 heterocycles. The van der Waals surface area contributed by atoms with Crippen LogP contribution in [0.4, 0.5) is 0 Å². The van der Waals surface area contributed by atoms with Crippen LogP contribution in [0, 0.1) is 6.92 Å². The number of fused-ring (bicyclic) bond motifs is 1. The lowest BCUT2D eigenvalue weighted by molar-refractivity contribution is 0.104. The van der Waals surface area contributed by atoms with Gasteiger partial charge in [0, 0.05) is 31.9 Å². The van der Waals surface area contributed by atoms with E-state index >= 15 is 0 Å². The Kier molecular flexibility index (Phi) is 6.12. The lowest BCUT2D eigenvalue weighted by Gasteiger charge is -2.15. The van der Waals surface area contributed by atoms with Crippen LogP contribution in [0.2, 0.25) is 0 Å². The molecular weight excluding hydrogens is 444 g/mol. The van der Waals surface area contributed by atoms with E-state index in [1.54, 1.807) is 11.3 Å². The Bertz CT molecular complexity index is 1150. The fraction of sp³-hybridized carbons (Fsp3) is 0.160. The molecule has 4 heteroatoms. The van der Waals surface area contributed by atoms with Crippen LogP contribution in [-0.2, 0) is 0 Å². The highest BCUT2D eigenvalue weighted by Gasteiger charge is 2.21. The van der Waals surface area contributed by atoms with Gasteiger partial charge in [-0.3, -0.25) is 4.79 Å². The van der Waals surface area contributed by atoms with Gasteiger partial charge in [-0.15, -0.1) is 11.3 Å². The smallest absolute Gasteiger partial charge is 0.195 e. The zero-order chi connectivity index (χ0) is 20.2. The Balaban J connectivity index is 1.84. The normalized spacial score (nSPS) is 11.0. The molecule has 0 aliphatic carbocycles. The molecule has 3 aromatic carbocycles. The molecule has 4 rings (SSSR count). The summed E-state index contributed by atoms with van der Waals surface area (Å²) in [4.78, 5) is 13.7. The highest BCUT2D eigenvalue weighted by Crippen LogP contribution is 2.35. The van der Waals surface area contributed by atoms with E-state index in [1.807, 2.05) is 73.0 Å². The molecule has 0 saturated heterocycles. The maximum absolute atomic E-state index is 13.7. The van der Waals surface area contributed by atoms with Gasteiger partial charge in [0.2, 0.25) is 0 Å². The Hall–Kier alpha value is -2.43. The van der Waals surface area contributed by atoms with Gasteiger partial charge in [0.25, 0.3) is 0 Å². The SMILES string of the molecule is Cc1cc(OCCCBr)cc(-c2ccccc2)c1C(=O)c1csc2ccccc12. The van der Waals surface area contributed by atoms with E-state index in [9.17, 15) is 4.79 Å². The van der Waals surface area contributed by atoms with Crippen LogP contribution in [0.1, 0.15) is 27.9 Å². The summed E-state index contributed by atoms with van der Waals surface area (Å²) >= 11 is 5.05. The molecule has 0 aliphatic rings. The fourth-order valence-electron chi connectivity index (χ4n) is 3.52. The number of thiophene rings is 1. The largest absolute Gasteiger partial charge is 0.494 e. The number of ketones is 1. The molecule has 146 valence electrons. The first-order valence-corrected chi connectivity index (χ1v) is 11.6. The van der Waals surface area contributed by atoms with Crippen LogP contribution in [0.5, 0.6) is 5.75 Å². The molecule has 0 bridgehead atoms. The lowest BCUT2D eigenvalue weighted by Crippen LogP contribution is -2.07. The summed E-state index contributed by atoms with van der Waals surface area (Å²) in [6.07, 6.45) is 0.932. The highest BCUT2D eigenvalue weighted by atomic mass is 79.9. The summed E-state index contributed by atoms with van der Waals surface area (Å²) in [5.41, 5.74) is 4.37. The molecule has 0 unspecified atom stereocenters. The van der Waals surface area contributed by atoms with Crippen LogP contribution in [0.15, 0.2) is 72.1 Å². The second-order valence-corrected chi connectivity index (χ2v) is 8.60. The molecule has 0 saturated carbocycles. The zero-order valence-corrected chi connectivity index (χ0v) is 18.6. The van der Waals surface area contributed by atoms with Crippen LogP contribution in [0.3, 0.4) is 0 Å². The van der Waals surface area contributed by atoms with Crippen molar-refractivity contribution in [1.29, 1.82) is 0 Å². The molecule has 2 nitrogen and oxygen atoms in total. The van der Waals surface area contributed by atoms with Gasteiger partial charge >= 0.3 is 0 Å². The second-order valence-electron chi connectivity index (χ2n) is 6.89. The van der Waals surface area contributed by atoms with Gasteiger partial charge in [-0.05, 0) is 48.2 Å². The number of aryl methyl sites for hydroxylation is 1. The number of alkyl halides is 1. The van der Waals surface area contributed by atoms with E-state index in [-0.39, 0.29) is 5.78 Å². The predicted octanol–water partition coefficient (Wildman–Crippen LogP) is 7.27. The number of benzene rings is 3. The van der Waals surface area contributed by atoms with Crippen molar-refractivity contribution in [2.75, 3.05) is 11.9 Å². The molecular formula is C25H21BrO2S. The topological polar surface area (TPSA) is 26.3 Å². The number of carbonyl (C=O) groups excluding carboxylic acids is 1. The van der Waals surface area contributed by atoms with Crippen molar-refractivity contribution in [1.82, 2.24) is 0 Å². The van der Waals surface area contributed by atoms with E-state index in [4.69, 9.17) is 4.74 Å². The van der Waals surface area contributed by atoms with E-state index < -0.39 is 0 Å². The molecule has 1 aromatic heterocycles. The van der Waals surface area contributed by atoms with Gasteiger partial charge in [-0.1, -0.05) is 64.5 Å². The van der Waals surface area contributed by atoms with Crippen LogP contribution < -0.4 is 4.74 Å². The Morgan fingerprint density at radius 3 is 2.59 bits per heavy atom. The van der Waals surface area contributed by atoms with E-state index in [0.29, 0.717) is 6.61 Å². The first-order valence-electron chi connectivity index (χ1n) is 9.59. The van der Waals surface area contributed by atoms with Crippen molar-refractivity contribution in [3.05, 3.63) is 88.8 Å². The fourth-order valence-corrected chi connectivity index (χ4v) is 4.69. The molecule has 0 aliphatic heterocycles. The van der Waals surface area contributed by atoms with Crippen LogP contribution >= 0.6 is 27.3 Å². The number of ether oxygens (including phenoxy) is 1. The summed E-state index contributed by atoms with van der Waals surface area (Å²) in [6.45, 7) is 2.63. The number of halogens is 1. The maximum Gasteiger partial charge on any atom is 0.195 e. The van der Waals surface area contributed by atoms with E-state index in [0.717, 1.165) is 55.4 Å². The summed E-state index contributed by atoms with van der Waals surface area (Å²) in [5, 5.41) is 3.89. The quantitative estimate of drug-likeness (QED) is 0.163. The third-order valence-electron chi connectivity index (χ3n) is 4.89. The monoisotopic (exact) mass is 464 g/mol. The van der Waals surface area contributed by atoms with Gasteiger partial charge in [0.1, 0.15) is 5.75 Å². The minimum Gasteiger partial charge on any atom is -0.494 e. The molecule has 0 atom stereocenters. The van der Waals surface area contributed by atoms with Crippen LogP contribution in [0.25, 0.3) is 21.2 Å². The standard InChI is InChI=1S/C25H21BrO2S/c1-17-14-19(28-13-7-12-26)15-21(18-8-3-2-4-9-18)24(17)25(27)22-16-29-23-11-6-5-10-20(22)23/h2-6,8-11,14-16H,7,12-13H2,1H3. The number of hydrogen-bond donors (Lipinski definition) is 0. The average molecular weight is 465 g/mol. The Morgan fingerprint density at radius 2 is 1.79 bits per heavy atom. The molecule has 0 radical (unpaired) electrons. The molecule has 0 amide bonds. The van der Waals surface area contributed by atoms with Crippen molar-refractivity contribution in [3.8, 4) is 16.9 Å². The van der Waals surface area contributed by atoms with Crippen molar-refractivity contribution in [2.24, 2.45) is 0 Å². The van der Waals surface area contributed by atoms with Gasteiger partial charge in [0.05, 0.1) is 6.61 Å². The number of hydrogen-bond acceptors (Lipinski definition) is 3. The summed E-state index contributed by atoms with van der Waals surface area (Å²) in [6, 6.07) is 22.1. The number of carbonyl (C=O) groups is 1. The van der Waals surface area contributed by atoms with Gasteiger partial charge < -0.3 is 4.74 Å². The minimum absolute atomic E-state index is 0.0609. The van der Waals surface area contributed by atoms with E-state index in [1.165, 1.54) is 0 Å². The summed E-state index contributed by atoms with van der Waals surface area (Å²) in [7, 11) is 0. The molecule has 4 aromatic rings. The lowest BCUT2D eigenvalue weighted by atomic mass is 9.90. The third kappa shape index (κ3) is 4.14. The maximum atomic E-state index is 13.7. The highest BCUT2D eigenvalue weighted by molar-refractivity contribution is 9.09. The summed E-state index contributed by atoms with van der Waals surface area (Å²) < 4.78 is 7.07. The van der Waals surface area contributed by atoms with Crippen molar-refractivity contribution >= 4 is 43.1 Å². The zero-order valence-electron chi connectivity index (χ0n) is 16.2. The third-order valence-corrected chi connectivity index (χ3v) is 6.42. The molecule has 0 fully saturated rings. The first-order chi connectivity index (χ1) is 14.2.